The Morgan fingerprint density at radius 1 is 1.08 bits per heavy atom. The van der Waals surface area contributed by atoms with Crippen molar-refractivity contribution in [1.82, 2.24) is 4.98 Å². The highest BCUT2D eigenvalue weighted by molar-refractivity contribution is 7.23. The normalized spacial score (nSPS) is 11.3. The molecule has 0 aliphatic carbocycles. The number of aromatic nitrogens is 1. The fourth-order valence-corrected chi connectivity index (χ4v) is 5.07. The van der Waals surface area contributed by atoms with Gasteiger partial charge in [-0.3, -0.25) is 10.1 Å². The van der Waals surface area contributed by atoms with E-state index < -0.39 is 0 Å². The third-order valence-electron chi connectivity index (χ3n) is 3.56. The number of aryl methyl sites for hydroxylation is 1. The molecule has 24 heavy (non-hydrogen) atoms. The lowest BCUT2D eigenvalue weighted by molar-refractivity contribution is 0.103. The van der Waals surface area contributed by atoms with Crippen molar-refractivity contribution in [2.24, 2.45) is 0 Å². The molecule has 2 aromatic heterocycles. The van der Waals surface area contributed by atoms with Gasteiger partial charge in [-0.1, -0.05) is 46.7 Å². The van der Waals surface area contributed by atoms with Gasteiger partial charge in [0.2, 0.25) is 0 Å². The Morgan fingerprint density at radius 3 is 2.75 bits per heavy atom. The average Bonchev–Trinajstić information content (AvgIpc) is 3.07. The van der Waals surface area contributed by atoms with E-state index in [0.29, 0.717) is 20.1 Å². The standard InChI is InChI=1S/C17H10Cl2N2OS2/c1-8-2-4-10-12(6-8)23-15(14(10)19)16(22)21-17-20-11-5-3-9(18)7-13(11)24-17/h2-7H,1H3,(H,20,21,22). The number of halogens is 2. The van der Waals surface area contributed by atoms with Gasteiger partial charge in [0.15, 0.2) is 5.13 Å². The van der Waals surface area contributed by atoms with E-state index in [9.17, 15) is 4.79 Å². The van der Waals surface area contributed by atoms with Crippen LogP contribution in [0.3, 0.4) is 0 Å². The quantitative estimate of drug-likeness (QED) is 0.429. The Bertz CT molecular complexity index is 1100. The minimum absolute atomic E-state index is 0.246. The average molecular weight is 393 g/mol. The summed E-state index contributed by atoms with van der Waals surface area (Å²) in [5.41, 5.74) is 1.94. The number of nitrogens with one attached hydrogen (secondary N) is 1. The number of anilines is 1. The van der Waals surface area contributed by atoms with Crippen LogP contribution in [0.2, 0.25) is 10.0 Å². The molecule has 2 heterocycles. The van der Waals surface area contributed by atoms with Gasteiger partial charge in [-0.2, -0.15) is 0 Å². The molecule has 1 N–H and O–H groups in total. The van der Waals surface area contributed by atoms with Crippen molar-refractivity contribution in [3.05, 3.63) is 56.9 Å². The number of benzene rings is 2. The Kier molecular flexibility index (Phi) is 3.96. The SMILES string of the molecule is Cc1ccc2c(Cl)c(C(=O)Nc3nc4ccc(Cl)cc4s3)sc2c1. The predicted octanol–water partition coefficient (Wildman–Crippen LogP) is 6.38. The van der Waals surface area contributed by atoms with Crippen LogP contribution in [0.4, 0.5) is 5.13 Å². The summed E-state index contributed by atoms with van der Waals surface area (Å²) >= 11 is 15.1. The maximum atomic E-state index is 12.6. The van der Waals surface area contributed by atoms with Crippen LogP contribution in [-0.4, -0.2) is 10.9 Å². The smallest absolute Gasteiger partial charge is 0.269 e. The molecule has 4 aromatic rings. The van der Waals surface area contributed by atoms with E-state index in [1.807, 2.05) is 37.3 Å². The summed E-state index contributed by atoms with van der Waals surface area (Å²) in [5.74, 6) is -0.246. The second-order valence-corrected chi connectivity index (χ2v) is 8.23. The predicted molar refractivity (Wildman–Crippen MR) is 104 cm³/mol. The maximum absolute atomic E-state index is 12.6. The van der Waals surface area contributed by atoms with Gasteiger partial charge in [0.05, 0.1) is 15.2 Å². The molecule has 3 nitrogen and oxygen atoms in total. The maximum Gasteiger partial charge on any atom is 0.269 e. The number of hydrogen-bond acceptors (Lipinski definition) is 4. The Morgan fingerprint density at radius 2 is 1.92 bits per heavy atom. The highest BCUT2D eigenvalue weighted by Gasteiger charge is 2.18. The summed E-state index contributed by atoms with van der Waals surface area (Å²) in [6, 6.07) is 11.4. The lowest BCUT2D eigenvalue weighted by atomic mass is 10.2. The number of rotatable bonds is 2. The number of hydrogen-bond donors (Lipinski definition) is 1. The molecular weight excluding hydrogens is 383 g/mol. The fraction of sp³-hybridized carbons (Fsp3) is 0.0588. The summed E-state index contributed by atoms with van der Waals surface area (Å²) in [5, 5.41) is 5.39. The number of carbonyl (C=O) groups excluding carboxylic acids is 1. The Balaban J connectivity index is 1.69. The van der Waals surface area contributed by atoms with Crippen LogP contribution >= 0.6 is 45.9 Å². The van der Waals surface area contributed by atoms with Crippen LogP contribution in [0.15, 0.2) is 36.4 Å². The highest BCUT2D eigenvalue weighted by atomic mass is 35.5. The van der Waals surface area contributed by atoms with Crippen molar-refractivity contribution in [2.45, 2.75) is 6.92 Å². The second-order valence-electron chi connectivity index (χ2n) is 5.33. The van der Waals surface area contributed by atoms with Gasteiger partial charge in [-0.05, 0) is 36.8 Å². The lowest BCUT2D eigenvalue weighted by Gasteiger charge is -1.98. The molecule has 7 heteroatoms. The third-order valence-corrected chi connectivity index (χ3v) is 6.39. The molecule has 2 aromatic carbocycles. The number of thiophene rings is 1. The molecule has 0 fully saturated rings. The zero-order valence-corrected chi connectivity index (χ0v) is 15.5. The van der Waals surface area contributed by atoms with Crippen molar-refractivity contribution in [3.63, 3.8) is 0 Å². The van der Waals surface area contributed by atoms with Crippen LogP contribution in [0, 0.1) is 6.92 Å². The zero-order valence-electron chi connectivity index (χ0n) is 12.4. The molecule has 0 spiro atoms. The number of amides is 1. The monoisotopic (exact) mass is 392 g/mol. The van der Waals surface area contributed by atoms with E-state index in [0.717, 1.165) is 25.9 Å². The van der Waals surface area contributed by atoms with Crippen LogP contribution in [0.5, 0.6) is 0 Å². The molecular formula is C17H10Cl2N2OS2. The molecule has 4 rings (SSSR count). The fourth-order valence-electron chi connectivity index (χ4n) is 2.42. The minimum Gasteiger partial charge on any atom is -0.297 e. The number of fused-ring (bicyclic) bond motifs is 2. The minimum atomic E-state index is -0.246. The summed E-state index contributed by atoms with van der Waals surface area (Å²) in [6.07, 6.45) is 0. The van der Waals surface area contributed by atoms with Crippen LogP contribution in [0.25, 0.3) is 20.3 Å². The van der Waals surface area contributed by atoms with Crippen molar-refractivity contribution in [2.75, 3.05) is 5.32 Å². The summed E-state index contributed by atoms with van der Waals surface area (Å²) in [6.45, 7) is 2.01. The first kappa shape index (κ1) is 15.8. The van der Waals surface area contributed by atoms with E-state index in [1.165, 1.54) is 22.7 Å². The molecule has 0 saturated carbocycles. The lowest BCUT2D eigenvalue weighted by Crippen LogP contribution is -2.10. The molecule has 120 valence electrons. The van der Waals surface area contributed by atoms with Crippen molar-refractivity contribution >= 4 is 77.2 Å². The van der Waals surface area contributed by atoms with Gasteiger partial charge in [-0.15, -0.1) is 11.3 Å². The van der Waals surface area contributed by atoms with Gasteiger partial charge in [0.25, 0.3) is 5.91 Å². The summed E-state index contributed by atoms with van der Waals surface area (Å²) < 4.78 is 1.93. The summed E-state index contributed by atoms with van der Waals surface area (Å²) in [4.78, 5) is 17.5. The molecule has 0 unspecified atom stereocenters. The van der Waals surface area contributed by atoms with Crippen LogP contribution < -0.4 is 5.32 Å². The van der Waals surface area contributed by atoms with E-state index in [1.54, 1.807) is 6.07 Å². The van der Waals surface area contributed by atoms with E-state index >= 15 is 0 Å². The van der Waals surface area contributed by atoms with Crippen LogP contribution in [-0.2, 0) is 0 Å². The number of carbonyl (C=O) groups is 1. The molecule has 1 amide bonds. The summed E-state index contributed by atoms with van der Waals surface area (Å²) in [7, 11) is 0. The van der Waals surface area contributed by atoms with E-state index in [4.69, 9.17) is 23.2 Å². The van der Waals surface area contributed by atoms with Gasteiger partial charge in [-0.25, -0.2) is 4.98 Å². The highest BCUT2D eigenvalue weighted by Crippen LogP contribution is 2.37. The van der Waals surface area contributed by atoms with Crippen molar-refractivity contribution < 1.29 is 4.79 Å². The molecule has 0 atom stereocenters. The largest absolute Gasteiger partial charge is 0.297 e. The Labute approximate surface area is 155 Å². The van der Waals surface area contributed by atoms with Crippen molar-refractivity contribution in [1.29, 1.82) is 0 Å². The number of nitrogens with zero attached hydrogens (tertiary/aromatic N) is 1. The van der Waals surface area contributed by atoms with Gasteiger partial charge in [0, 0.05) is 15.1 Å². The van der Waals surface area contributed by atoms with Gasteiger partial charge in [0.1, 0.15) is 4.88 Å². The first-order chi connectivity index (χ1) is 11.5. The zero-order chi connectivity index (χ0) is 16.8. The van der Waals surface area contributed by atoms with Gasteiger partial charge >= 0.3 is 0 Å². The second kappa shape index (κ2) is 6.01. The molecule has 0 aliphatic heterocycles. The molecule has 0 bridgehead atoms. The Hall–Kier alpha value is -1.66. The molecule has 0 radical (unpaired) electrons. The number of thiazole rings is 1. The first-order valence-electron chi connectivity index (χ1n) is 7.07. The first-order valence-corrected chi connectivity index (χ1v) is 9.46. The van der Waals surface area contributed by atoms with E-state index in [-0.39, 0.29) is 5.91 Å². The topological polar surface area (TPSA) is 42.0 Å². The molecule has 0 aliphatic rings. The van der Waals surface area contributed by atoms with E-state index in [2.05, 4.69) is 10.3 Å². The third kappa shape index (κ3) is 2.78. The van der Waals surface area contributed by atoms with Crippen molar-refractivity contribution in [3.8, 4) is 0 Å². The molecule has 0 saturated heterocycles. The van der Waals surface area contributed by atoms with Crippen LogP contribution in [0.1, 0.15) is 15.2 Å². The van der Waals surface area contributed by atoms with Gasteiger partial charge < -0.3 is 0 Å².